The van der Waals surface area contributed by atoms with E-state index >= 15 is 0 Å². The molecule has 0 spiro atoms. The summed E-state index contributed by atoms with van der Waals surface area (Å²) in [4.78, 5) is 15.9. The fourth-order valence-corrected chi connectivity index (χ4v) is 2.20. The molecule has 2 aromatic rings. The zero-order valence-corrected chi connectivity index (χ0v) is 10.8. The van der Waals surface area contributed by atoms with Gasteiger partial charge in [0.25, 0.3) is 0 Å². The van der Waals surface area contributed by atoms with Crippen LogP contribution in [0.25, 0.3) is 0 Å². The van der Waals surface area contributed by atoms with Gasteiger partial charge in [0, 0.05) is 6.20 Å². The largest absolute Gasteiger partial charge is 0.328 e. The number of aromatic nitrogens is 1. The second kappa shape index (κ2) is 4.92. The zero-order valence-electron chi connectivity index (χ0n) is 10.8. The van der Waals surface area contributed by atoms with Crippen LogP contribution >= 0.6 is 0 Å². The number of carbonyl (C=O) groups is 1. The van der Waals surface area contributed by atoms with Crippen molar-refractivity contribution in [3.05, 3.63) is 60.2 Å². The molecule has 1 aliphatic rings. The van der Waals surface area contributed by atoms with Gasteiger partial charge in [-0.1, -0.05) is 12.1 Å². The predicted molar refractivity (Wildman–Crippen MR) is 73.7 cm³/mol. The zero-order chi connectivity index (χ0) is 14.0. The molecule has 1 aromatic heterocycles. The van der Waals surface area contributed by atoms with Gasteiger partial charge in [0.2, 0.25) is 0 Å². The van der Waals surface area contributed by atoms with Crippen molar-refractivity contribution in [2.24, 2.45) is 0 Å². The standard InChI is InChI=1S/C15H14FN3O/c16-12-5-3-11(4-6-12)15(7-8-15)19-14(20)18-13-2-1-9-17-10-13/h1-6,9-10H,7-8H2,(H2,18,19,20). The van der Waals surface area contributed by atoms with Crippen molar-refractivity contribution in [3.63, 3.8) is 0 Å². The molecule has 1 heterocycles. The maximum Gasteiger partial charge on any atom is 0.319 e. The number of pyridine rings is 1. The van der Waals surface area contributed by atoms with E-state index in [1.807, 2.05) is 0 Å². The number of nitrogens with one attached hydrogen (secondary N) is 2. The van der Waals surface area contributed by atoms with Gasteiger partial charge in [-0.15, -0.1) is 0 Å². The summed E-state index contributed by atoms with van der Waals surface area (Å²) in [5.74, 6) is -0.274. The number of carbonyl (C=O) groups excluding carboxylic acids is 1. The van der Waals surface area contributed by atoms with Crippen LogP contribution in [0.1, 0.15) is 18.4 Å². The lowest BCUT2D eigenvalue weighted by molar-refractivity contribution is 0.247. The number of urea groups is 1. The monoisotopic (exact) mass is 271 g/mol. The molecule has 0 unspecified atom stereocenters. The van der Waals surface area contributed by atoms with Crippen LogP contribution in [0.15, 0.2) is 48.8 Å². The van der Waals surface area contributed by atoms with E-state index in [0.717, 1.165) is 18.4 Å². The summed E-state index contributed by atoms with van der Waals surface area (Å²) in [6, 6.07) is 9.50. The minimum atomic E-state index is -0.361. The van der Waals surface area contributed by atoms with E-state index in [-0.39, 0.29) is 17.4 Å². The van der Waals surface area contributed by atoms with E-state index in [4.69, 9.17) is 0 Å². The Balaban J connectivity index is 1.68. The number of amides is 2. The Morgan fingerprint density at radius 3 is 2.55 bits per heavy atom. The molecule has 1 aliphatic carbocycles. The average molecular weight is 271 g/mol. The maximum atomic E-state index is 12.9. The van der Waals surface area contributed by atoms with Crippen molar-refractivity contribution in [3.8, 4) is 0 Å². The number of anilines is 1. The minimum Gasteiger partial charge on any atom is -0.328 e. The number of halogens is 1. The summed E-state index contributed by atoms with van der Waals surface area (Å²) < 4.78 is 12.9. The molecule has 0 radical (unpaired) electrons. The van der Waals surface area contributed by atoms with Crippen molar-refractivity contribution in [1.82, 2.24) is 10.3 Å². The van der Waals surface area contributed by atoms with E-state index in [1.54, 1.807) is 36.7 Å². The van der Waals surface area contributed by atoms with Crippen LogP contribution < -0.4 is 10.6 Å². The van der Waals surface area contributed by atoms with Crippen LogP contribution in [-0.2, 0) is 5.54 Å². The van der Waals surface area contributed by atoms with E-state index in [2.05, 4.69) is 15.6 Å². The average Bonchev–Trinajstić information content (AvgIpc) is 3.21. The first-order chi connectivity index (χ1) is 9.68. The summed E-state index contributed by atoms with van der Waals surface area (Å²) >= 11 is 0. The van der Waals surface area contributed by atoms with E-state index in [9.17, 15) is 9.18 Å². The van der Waals surface area contributed by atoms with Gasteiger partial charge in [0.15, 0.2) is 0 Å². The lowest BCUT2D eigenvalue weighted by atomic mass is 10.1. The third-order valence-corrected chi connectivity index (χ3v) is 3.42. The molecule has 1 fully saturated rings. The van der Waals surface area contributed by atoms with Crippen molar-refractivity contribution < 1.29 is 9.18 Å². The van der Waals surface area contributed by atoms with Gasteiger partial charge in [-0.05, 0) is 42.7 Å². The van der Waals surface area contributed by atoms with E-state index < -0.39 is 0 Å². The molecule has 0 atom stereocenters. The van der Waals surface area contributed by atoms with Gasteiger partial charge in [-0.2, -0.15) is 0 Å². The number of benzene rings is 1. The highest BCUT2D eigenvalue weighted by atomic mass is 19.1. The Bertz CT molecular complexity index is 609. The number of hydrogen-bond donors (Lipinski definition) is 2. The second-order valence-electron chi connectivity index (χ2n) is 4.91. The number of rotatable bonds is 3. The Morgan fingerprint density at radius 2 is 1.95 bits per heavy atom. The van der Waals surface area contributed by atoms with Crippen LogP contribution in [0.2, 0.25) is 0 Å². The first-order valence-corrected chi connectivity index (χ1v) is 6.43. The van der Waals surface area contributed by atoms with Gasteiger partial charge in [-0.3, -0.25) is 4.98 Å². The maximum absolute atomic E-state index is 12.9. The summed E-state index contributed by atoms with van der Waals surface area (Å²) in [5, 5.41) is 5.68. The third kappa shape index (κ3) is 2.61. The molecule has 1 aromatic carbocycles. The molecular weight excluding hydrogens is 257 g/mol. The molecule has 3 rings (SSSR count). The molecule has 20 heavy (non-hydrogen) atoms. The third-order valence-electron chi connectivity index (χ3n) is 3.42. The molecular formula is C15H14FN3O. The van der Waals surface area contributed by atoms with E-state index in [1.165, 1.54) is 12.1 Å². The summed E-state index contributed by atoms with van der Waals surface area (Å²) in [7, 11) is 0. The van der Waals surface area contributed by atoms with Gasteiger partial charge in [0.1, 0.15) is 5.82 Å². The van der Waals surface area contributed by atoms with Gasteiger partial charge < -0.3 is 10.6 Å². The Kier molecular flexibility index (Phi) is 3.10. The summed E-state index contributed by atoms with van der Waals surface area (Å²) in [6.07, 6.45) is 4.94. The highest BCUT2D eigenvalue weighted by Gasteiger charge is 2.45. The first-order valence-electron chi connectivity index (χ1n) is 6.43. The minimum absolute atomic E-state index is 0.274. The molecule has 4 nitrogen and oxygen atoms in total. The van der Waals surface area contributed by atoms with Gasteiger partial charge in [-0.25, -0.2) is 9.18 Å². The molecule has 2 N–H and O–H groups in total. The van der Waals surface area contributed by atoms with Crippen molar-refractivity contribution in [2.75, 3.05) is 5.32 Å². The fourth-order valence-electron chi connectivity index (χ4n) is 2.20. The van der Waals surface area contributed by atoms with E-state index in [0.29, 0.717) is 5.69 Å². The van der Waals surface area contributed by atoms with Gasteiger partial charge in [0.05, 0.1) is 17.4 Å². The SMILES string of the molecule is O=C(Nc1cccnc1)NC1(c2ccc(F)cc2)CC1. The first kappa shape index (κ1) is 12.6. The summed E-state index contributed by atoms with van der Waals surface area (Å²) in [5.41, 5.74) is 1.21. The molecule has 102 valence electrons. The van der Waals surface area contributed by atoms with Crippen LogP contribution in [0.5, 0.6) is 0 Å². The Morgan fingerprint density at radius 1 is 1.20 bits per heavy atom. The van der Waals surface area contributed by atoms with Crippen LogP contribution in [0, 0.1) is 5.82 Å². The highest BCUT2D eigenvalue weighted by Crippen LogP contribution is 2.45. The van der Waals surface area contributed by atoms with Crippen LogP contribution in [0.4, 0.5) is 14.9 Å². The Hall–Kier alpha value is -2.43. The number of hydrogen-bond acceptors (Lipinski definition) is 2. The lowest BCUT2D eigenvalue weighted by Gasteiger charge is -2.18. The molecule has 0 bridgehead atoms. The fraction of sp³-hybridized carbons (Fsp3) is 0.200. The second-order valence-corrected chi connectivity index (χ2v) is 4.91. The topological polar surface area (TPSA) is 54.0 Å². The quantitative estimate of drug-likeness (QED) is 0.901. The predicted octanol–water partition coefficient (Wildman–Crippen LogP) is 3.03. The van der Waals surface area contributed by atoms with Gasteiger partial charge >= 0.3 is 6.03 Å². The smallest absolute Gasteiger partial charge is 0.319 e. The van der Waals surface area contributed by atoms with Crippen LogP contribution in [0.3, 0.4) is 0 Å². The van der Waals surface area contributed by atoms with Crippen LogP contribution in [-0.4, -0.2) is 11.0 Å². The number of nitrogens with zero attached hydrogens (tertiary/aromatic N) is 1. The summed E-state index contributed by atoms with van der Waals surface area (Å²) in [6.45, 7) is 0. The molecule has 1 saturated carbocycles. The van der Waals surface area contributed by atoms with Crippen molar-refractivity contribution in [1.29, 1.82) is 0 Å². The molecule has 2 amide bonds. The molecule has 0 aliphatic heterocycles. The Labute approximate surface area is 116 Å². The lowest BCUT2D eigenvalue weighted by Crippen LogP contribution is -2.38. The normalized spacial score (nSPS) is 15.4. The van der Waals surface area contributed by atoms with Crippen molar-refractivity contribution >= 4 is 11.7 Å². The highest BCUT2D eigenvalue weighted by molar-refractivity contribution is 5.89. The molecule has 5 heteroatoms. The molecule has 0 saturated heterocycles. The van der Waals surface area contributed by atoms with Crippen molar-refractivity contribution in [2.45, 2.75) is 18.4 Å².